The molecule has 0 radical (unpaired) electrons. The second-order valence-electron chi connectivity index (χ2n) is 4.61. The number of rotatable bonds is 1. The number of fused-ring (bicyclic) bond motifs is 2. The SMILES string of the molecule is Fc1ccc2nc(-c3cc4c(s3)CCSC4)[nH]c2c1. The molecule has 2 nitrogen and oxygen atoms in total. The fourth-order valence-corrected chi connectivity index (χ4v) is 4.68. The summed E-state index contributed by atoms with van der Waals surface area (Å²) in [5.74, 6) is 2.92. The van der Waals surface area contributed by atoms with Crippen molar-refractivity contribution in [2.45, 2.75) is 12.2 Å². The van der Waals surface area contributed by atoms with Crippen LogP contribution in [-0.2, 0) is 12.2 Å². The highest BCUT2D eigenvalue weighted by Crippen LogP contribution is 2.36. The maximum atomic E-state index is 13.2. The zero-order valence-corrected chi connectivity index (χ0v) is 11.7. The van der Waals surface area contributed by atoms with Crippen molar-refractivity contribution >= 4 is 34.1 Å². The Hall–Kier alpha value is -1.33. The van der Waals surface area contributed by atoms with Gasteiger partial charge in [-0.25, -0.2) is 9.37 Å². The monoisotopic (exact) mass is 290 g/mol. The fourth-order valence-electron chi connectivity index (χ4n) is 2.36. The van der Waals surface area contributed by atoms with Crippen molar-refractivity contribution in [3.63, 3.8) is 0 Å². The molecule has 3 aromatic rings. The van der Waals surface area contributed by atoms with Crippen LogP contribution in [0.15, 0.2) is 24.3 Å². The summed E-state index contributed by atoms with van der Waals surface area (Å²) in [5.41, 5.74) is 3.01. The van der Waals surface area contributed by atoms with Crippen molar-refractivity contribution in [2.24, 2.45) is 0 Å². The first kappa shape index (κ1) is 11.5. The number of imidazole rings is 1. The van der Waals surface area contributed by atoms with E-state index in [4.69, 9.17) is 0 Å². The van der Waals surface area contributed by atoms with Crippen LogP contribution in [0.5, 0.6) is 0 Å². The largest absolute Gasteiger partial charge is 0.337 e. The van der Waals surface area contributed by atoms with Gasteiger partial charge in [-0.1, -0.05) is 0 Å². The van der Waals surface area contributed by atoms with E-state index in [1.54, 1.807) is 6.07 Å². The molecule has 3 heterocycles. The van der Waals surface area contributed by atoms with E-state index in [1.165, 1.54) is 28.3 Å². The van der Waals surface area contributed by atoms with Crippen molar-refractivity contribution in [2.75, 3.05) is 5.75 Å². The standard InChI is InChI=1S/C14H11FN2S2/c15-9-1-2-10-11(6-9)17-14(16-10)13-5-8-7-18-4-3-12(8)19-13/h1-2,5-6H,3-4,7H2,(H,16,17). The van der Waals surface area contributed by atoms with Crippen LogP contribution in [0, 0.1) is 5.82 Å². The Labute approximate surface area is 118 Å². The van der Waals surface area contributed by atoms with Crippen LogP contribution in [-0.4, -0.2) is 15.7 Å². The third-order valence-corrected chi connectivity index (χ3v) is 5.56. The molecular weight excluding hydrogens is 279 g/mol. The van der Waals surface area contributed by atoms with Gasteiger partial charge in [0.15, 0.2) is 0 Å². The highest BCUT2D eigenvalue weighted by Gasteiger charge is 2.16. The second kappa shape index (κ2) is 4.35. The summed E-state index contributed by atoms with van der Waals surface area (Å²) >= 11 is 3.79. The number of nitrogens with zero attached hydrogens (tertiary/aromatic N) is 1. The predicted octanol–water partition coefficient (Wildman–Crippen LogP) is 4.22. The van der Waals surface area contributed by atoms with Gasteiger partial charge in [0.25, 0.3) is 0 Å². The molecule has 0 fully saturated rings. The molecule has 0 saturated heterocycles. The number of thioether (sulfide) groups is 1. The van der Waals surface area contributed by atoms with Crippen LogP contribution in [0.3, 0.4) is 0 Å². The number of aromatic nitrogens is 2. The van der Waals surface area contributed by atoms with E-state index in [2.05, 4.69) is 16.0 Å². The molecule has 0 bridgehead atoms. The second-order valence-corrected chi connectivity index (χ2v) is 6.85. The lowest BCUT2D eigenvalue weighted by Crippen LogP contribution is -1.96. The molecule has 1 aliphatic heterocycles. The summed E-state index contributed by atoms with van der Waals surface area (Å²) in [4.78, 5) is 10.4. The minimum absolute atomic E-state index is 0.232. The van der Waals surface area contributed by atoms with E-state index in [0.29, 0.717) is 0 Å². The smallest absolute Gasteiger partial charge is 0.148 e. The van der Waals surface area contributed by atoms with Gasteiger partial charge < -0.3 is 4.98 Å². The van der Waals surface area contributed by atoms with E-state index in [1.807, 2.05) is 23.1 Å². The minimum Gasteiger partial charge on any atom is -0.337 e. The van der Waals surface area contributed by atoms with Gasteiger partial charge in [0, 0.05) is 10.6 Å². The molecule has 1 aliphatic rings. The highest BCUT2D eigenvalue weighted by atomic mass is 32.2. The summed E-state index contributed by atoms with van der Waals surface area (Å²) < 4.78 is 13.2. The average molecular weight is 290 g/mol. The summed E-state index contributed by atoms with van der Waals surface area (Å²) in [7, 11) is 0. The molecule has 0 atom stereocenters. The van der Waals surface area contributed by atoms with Crippen LogP contribution in [0.25, 0.3) is 21.7 Å². The van der Waals surface area contributed by atoms with Crippen molar-refractivity contribution in [3.05, 3.63) is 40.5 Å². The Kier molecular flexibility index (Phi) is 2.63. The van der Waals surface area contributed by atoms with E-state index in [0.717, 1.165) is 33.9 Å². The molecule has 0 spiro atoms. The number of thiophene rings is 1. The Morgan fingerprint density at radius 3 is 3.11 bits per heavy atom. The van der Waals surface area contributed by atoms with E-state index in [-0.39, 0.29) is 5.82 Å². The molecule has 0 saturated carbocycles. The van der Waals surface area contributed by atoms with Gasteiger partial charge >= 0.3 is 0 Å². The molecule has 96 valence electrons. The average Bonchev–Trinajstić information content (AvgIpc) is 3.00. The molecule has 4 rings (SSSR count). The number of aromatic amines is 1. The van der Waals surface area contributed by atoms with Crippen molar-refractivity contribution < 1.29 is 4.39 Å². The molecule has 19 heavy (non-hydrogen) atoms. The normalized spacial score (nSPS) is 14.8. The maximum Gasteiger partial charge on any atom is 0.148 e. The third-order valence-electron chi connectivity index (χ3n) is 3.30. The van der Waals surface area contributed by atoms with Crippen LogP contribution < -0.4 is 0 Å². The summed E-state index contributed by atoms with van der Waals surface area (Å²) in [5, 5.41) is 0. The quantitative estimate of drug-likeness (QED) is 0.727. The third kappa shape index (κ3) is 1.97. The van der Waals surface area contributed by atoms with Gasteiger partial charge in [-0.05, 0) is 42.0 Å². The lowest BCUT2D eigenvalue weighted by molar-refractivity contribution is 0.629. The fraction of sp³-hybridized carbons (Fsp3) is 0.214. The first-order valence-corrected chi connectivity index (χ1v) is 8.12. The number of nitrogens with one attached hydrogen (secondary N) is 1. The number of hydrogen-bond acceptors (Lipinski definition) is 3. The van der Waals surface area contributed by atoms with Crippen LogP contribution in [0.2, 0.25) is 0 Å². The summed E-state index contributed by atoms with van der Waals surface area (Å²) in [6, 6.07) is 6.88. The number of halogens is 1. The topological polar surface area (TPSA) is 28.7 Å². The van der Waals surface area contributed by atoms with Gasteiger partial charge in [0.05, 0.1) is 15.9 Å². The summed E-state index contributed by atoms with van der Waals surface area (Å²) in [6.45, 7) is 0. The lowest BCUT2D eigenvalue weighted by atomic mass is 10.2. The number of benzene rings is 1. The predicted molar refractivity (Wildman–Crippen MR) is 79.2 cm³/mol. The minimum atomic E-state index is -0.232. The highest BCUT2D eigenvalue weighted by molar-refractivity contribution is 7.98. The van der Waals surface area contributed by atoms with E-state index in [9.17, 15) is 4.39 Å². The molecule has 1 N–H and O–H groups in total. The molecule has 0 aliphatic carbocycles. The van der Waals surface area contributed by atoms with Crippen molar-refractivity contribution in [3.8, 4) is 10.7 Å². The van der Waals surface area contributed by atoms with Crippen LogP contribution in [0.1, 0.15) is 10.4 Å². The first-order chi connectivity index (χ1) is 9.29. The van der Waals surface area contributed by atoms with Crippen molar-refractivity contribution in [1.29, 1.82) is 0 Å². The summed E-state index contributed by atoms with van der Waals surface area (Å²) in [6.07, 6.45) is 1.15. The van der Waals surface area contributed by atoms with Gasteiger partial charge in [-0.2, -0.15) is 11.8 Å². The zero-order chi connectivity index (χ0) is 12.8. The van der Waals surface area contributed by atoms with Gasteiger partial charge in [-0.3, -0.25) is 0 Å². The van der Waals surface area contributed by atoms with Crippen molar-refractivity contribution in [1.82, 2.24) is 9.97 Å². The Balaban J connectivity index is 1.83. The Bertz CT molecular complexity index is 736. The molecule has 0 unspecified atom stereocenters. The molecule has 5 heteroatoms. The first-order valence-electron chi connectivity index (χ1n) is 6.14. The molecule has 1 aromatic carbocycles. The number of hydrogen-bond donors (Lipinski definition) is 1. The van der Waals surface area contributed by atoms with Gasteiger partial charge in [0.1, 0.15) is 11.6 Å². The lowest BCUT2D eigenvalue weighted by Gasteiger charge is -2.08. The van der Waals surface area contributed by atoms with Gasteiger partial charge in [-0.15, -0.1) is 11.3 Å². The van der Waals surface area contributed by atoms with Crippen LogP contribution >= 0.6 is 23.1 Å². The number of aryl methyl sites for hydroxylation is 1. The maximum absolute atomic E-state index is 13.2. The van der Waals surface area contributed by atoms with Gasteiger partial charge in [0.2, 0.25) is 0 Å². The molecule has 0 amide bonds. The molecular formula is C14H11FN2S2. The Morgan fingerprint density at radius 1 is 1.26 bits per heavy atom. The van der Waals surface area contributed by atoms with E-state index >= 15 is 0 Å². The Morgan fingerprint density at radius 2 is 2.21 bits per heavy atom. The van der Waals surface area contributed by atoms with E-state index < -0.39 is 0 Å². The van der Waals surface area contributed by atoms with Crippen LogP contribution in [0.4, 0.5) is 4.39 Å². The zero-order valence-electron chi connectivity index (χ0n) is 10.1. The molecule has 2 aromatic heterocycles. The number of H-pyrrole nitrogens is 1.